The molecule has 30 heavy (non-hydrogen) atoms. The maximum absolute atomic E-state index is 12.6. The van der Waals surface area contributed by atoms with Crippen molar-refractivity contribution in [3.8, 4) is 5.75 Å². The first-order valence-corrected chi connectivity index (χ1v) is 12.1. The Hall–Kier alpha value is -2.07. The zero-order valence-electron chi connectivity index (χ0n) is 17.3. The summed E-state index contributed by atoms with van der Waals surface area (Å²) in [7, 11) is -0.801. The van der Waals surface area contributed by atoms with Crippen molar-refractivity contribution in [2.75, 3.05) is 20.7 Å². The van der Waals surface area contributed by atoms with Crippen LogP contribution in [0.3, 0.4) is 0 Å². The van der Waals surface area contributed by atoms with E-state index in [-0.39, 0.29) is 16.1 Å². The summed E-state index contributed by atoms with van der Waals surface area (Å²) in [6.07, 6.45) is 0.644. The average Bonchev–Trinajstić information content (AvgIpc) is 3.22. The molecular weight excluding hydrogens is 422 g/mol. The molecule has 1 aliphatic heterocycles. The average molecular weight is 450 g/mol. The Labute approximate surface area is 182 Å². The molecule has 2 unspecified atom stereocenters. The van der Waals surface area contributed by atoms with E-state index in [0.29, 0.717) is 13.0 Å². The fourth-order valence-corrected chi connectivity index (χ4v) is 5.30. The van der Waals surface area contributed by atoms with Gasteiger partial charge in [-0.25, -0.2) is 8.42 Å². The molecule has 2 atom stereocenters. The summed E-state index contributed by atoms with van der Waals surface area (Å²) in [5.41, 5.74) is 4.66. The molecule has 2 N–H and O–H groups in total. The molecule has 2 aromatic rings. The molecule has 1 saturated heterocycles. The second-order valence-corrected chi connectivity index (χ2v) is 10.5. The number of ether oxygens (including phenoxy) is 1. The minimum Gasteiger partial charge on any atom is -0.497 e. The van der Waals surface area contributed by atoms with Gasteiger partial charge in [-0.2, -0.15) is 11.8 Å². The smallest absolute Gasteiger partial charge is 0.259 e. The molecule has 1 aliphatic rings. The SMILES string of the molecule is COc1ccc(CSC2CNC(C(=O)NN(C)S(=O)(=O)c3ccc(C)cc3)C2)cc1. The first kappa shape index (κ1) is 22.6. The summed E-state index contributed by atoms with van der Waals surface area (Å²) in [6.45, 7) is 2.59. The van der Waals surface area contributed by atoms with Crippen molar-refractivity contribution in [3.63, 3.8) is 0 Å². The summed E-state index contributed by atoms with van der Waals surface area (Å²) >= 11 is 1.78. The van der Waals surface area contributed by atoms with E-state index in [2.05, 4.69) is 10.7 Å². The lowest BCUT2D eigenvalue weighted by Gasteiger charge is -2.20. The minimum atomic E-state index is -3.79. The zero-order valence-corrected chi connectivity index (χ0v) is 18.9. The number of carbonyl (C=O) groups excluding carboxylic acids is 1. The van der Waals surface area contributed by atoms with Gasteiger partial charge in [-0.3, -0.25) is 10.2 Å². The van der Waals surface area contributed by atoms with Gasteiger partial charge in [-0.1, -0.05) is 29.8 Å². The fourth-order valence-electron chi connectivity index (χ4n) is 3.13. The molecule has 9 heteroatoms. The molecule has 7 nitrogen and oxygen atoms in total. The lowest BCUT2D eigenvalue weighted by atomic mass is 10.2. The summed E-state index contributed by atoms with van der Waals surface area (Å²) in [5, 5.41) is 3.47. The molecule has 0 saturated carbocycles. The second-order valence-electron chi connectivity index (χ2n) is 7.24. The van der Waals surface area contributed by atoms with Gasteiger partial charge in [0.25, 0.3) is 15.9 Å². The number of benzene rings is 2. The Morgan fingerprint density at radius 2 is 1.87 bits per heavy atom. The molecule has 0 spiro atoms. The minimum absolute atomic E-state index is 0.142. The normalized spacial score (nSPS) is 19.1. The van der Waals surface area contributed by atoms with Crippen LogP contribution in [-0.2, 0) is 20.6 Å². The zero-order chi connectivity index (χ0) is 21.7. The van der Waals surface area contributed by atoms with Crippen LogP contribution in [0.4, 0.5) is 0 Å². The van der Waals surface area contributed by atoms with Gasteiger partial charge in [0.2, 0.25) is 0 Å². The van der Waals surface area contributed by atoms with Crippen LogP contribution in [0.25, 0.3) is 0 Å². The highest BCUT2D eigenvalue weighted by molar-refractivity contribution is 7.99. The van der Waals surface area contributed by atoms with Crippen molar-refractivity contribution in [3.05, 3.63) is 59.7 Å². The number of hydrogen-bond acceptors (Lipinski definition) is 6. The third-order valence-electron chi connectivity index (χ3n) is 5.00. The molecular formula is C21H27N3O4S2. The maximum Gasteiger partial charge on any atom is 0.259 e. The summed E-state index contributed by atoms with van der Waals surface area (Å²) in [5.74, 6) is 1.32. The summed E-state index contributed by atoms with van der Waals surface area (Å²) < 4.78 is 31.3. The molecule has 1 heterocycles. The van der Waals surface area contributed by atoms with E-state index >= 15 is 0 Å². The van der Waals surface area contributed by atoms with E-state index < -0.39 is 16.1 Å². The third-order valence-corrected chi connectivity index (χ3v) is 8.01. The number of nitrogens with zero attached hydrogens (tertiary/aromatic N) is 1. The predicted molar refractivity (Wildman–Crippen MR) is 119 cm³/mol. The van der Waals surface area contributed by atoms with Crippen molar-refractivity contribution in [2.24, 2.45) is 0 Å². The van der Waals surface area contributed by atoms with Gasteiger partial charge >= 0.3 is 0 Å². The van der Waals surface area contributed by atoms with Crippen LogP contribution >= 0.6 is 11.8 Å². The Kier molecular flexibility index (Phi) is 7.41. The standard InChI is InChI=1S/C21H27N3O4S2/c1-15-4-10-19(11-5-15)30(26,27)24(2)23-21(25)20-12-18(13-22-20)29-14-16-6-8-17(28-3)9-7-16/h4-11,18,20,22H,12-14H2,1-3H3,(H,23,25). The third kappa shape index (κ3) is 5.54. The molecule has 0 radical (unpaired) electrons. The van der Waals surface area contributed by atoms with Crippen LogP contribution in [0.1, 0.15) is 17.5 Å². The van der Waals surface area contributed by atoms with E-state index in [1.165, 1.54) is 24.7 Å². The monoisotopic (exact) mass is 449 g/mol. The highest BCUT2D eigenvalue weighted by Crippen LogP contribution is 2.26. The number of hydrogen-bond donors (Lipinski definition) is 2. The fraction of sp³-hybridized carbons (Fsp3) is 0.381. The Balaban J connectivity index is 1.50. The molecule has 1 fully saturated rings. The van der Waals surface area contributed by atoms with Gasteiger partial charge in [-0.05, 0) is 43.2 Å². The number of aryl methyl sites for hydroxylation is 1. The Bertz CT molecular complexity index is 963. The number of sulfonamides is 1. The number of hydrazine groups is 1. The molecule has 0 aliphatic carbocycles. The maximum atomic E-state index is 12.6. The first-order valence-electron chi connectivity index (χ1n) is 9.63. The number of rotatable bonds is 8. The Morgan fingerprint density at radius 1 is 1.20 bits per heavy atom. The van der Waals surface area contributed by atoms with Crippen molar-refractivity contribution in [1.82, 2.24) is 15.2 Å². The van der Waals surface area contributed by atoms with Crippen LogP contribution in [0.5, 0.6) is 5.75 Å². The second kappa shape index (κ2) is 9.82. The predicted octanol–water partition coefficient (Wildman–Crippen LogP) is 2.32. The van der Waals surface area contributed by atoms with Gasteiger partial charge in [-0.15, -0.1) is 4.41 Å². The molecule has 0 bridgehead atoms. The topological polar surface area (TPSA) is 87.7 Å². The van der Waals surface area contributed by atoms with E-state index in [4.69, 9.17) is 4.74 Å². The summed E-state index contributed by atoms with van der Waals surface area (Å²) in [6, 6.07) is 14.0. The number of carbonyl (C=O) groups is 1. The largest absolute Gasteiger partial charge is 0.497 e. The lowest BCUT2D eigenvalue weighted by Crippen LogP contribution is -2.49. The van der Waals surface area contributed by atoms with Crippen molar-refractivity contribution < 1.29 is 17.9 Å². The molecule has 0 aromatic heterocycles. The number of nitrogens with one attached hydrogen (secondary N) is 2. The van der Waals surface area contributed by atoms with E-state index in [1.807, 2.05) is 31.2 Å². The number of amides is 1. The van der Waals surface area contributed by atoms with E-state index in [1.54, 1.807) is 31.0 Å². The van der Waals surface area contributed by atoms with Crippen LogP contribution in [0, 0.1) is 6.92 Å². The highest BCUT2D eigenvalue weighted by atomic mass is 32.2. The Morgan fingerprint density at radius 3 is 2.50 bits per heavy atom. The van der Waals surface area contributed by atoms with Gasteiger partial charge in [0.15, 0.2) is 0 Å². The van der Waals surface area contributed by atoms with Gasteiger partial charge in [0.05, 0.1) is 18.0 Å². The molecule has 162 valence electrons. The van der Waals surface area contributed by atoms with Gasteiger partial charge in [0.1, 0.15) is 5.75 Å². The van der Waals surface area contributed by atoms with Crippen molar-refractivity contribution >= 4 is 27.7 Å². The van der Waals surface area contributed by atoms with Gasteiger partial charge in [0, 0.05) is 24.6 Å². The molecule has 1 amide bonds. The molecule has 3 rings (SSSR count). The van der Waals surface area contributed by atoms with E-state index in [0.717, 1.165) is 21.5 Å². The van der Waals surface area contributed by atoms with Crippen LogP contribution < -0.4 is 15.5 Å². The van der Waals surface area contributed by atoms with Crippen molar-refractivity contribution in [1.29, 1.82) is 0 Å². The van der Waals surface area contributed by atoms with Crippen LogP contribution in [-0.4, -0.2) is 50.7 Å². The van der Waals surface area contributed by atoms with E-state index in [9.17, 15) is 13.2 Å². The van der Waals surface area contributed by atoms with Crippen LogP contribution in [0.15, 0.2) is 53.4 Å². The number of thioether (sulfide) groups is 1. The number of methoxy groups -OCH3 is 1. The highest BCUT2D eigenvalue weighted by Gasteiger charge is 2.32. The quantitative estimate of drug-likeness (QED) is 0.602. The van der Waals surface area contributed by atoms with Crippen LogP contribution in [0.2, 0.25) is 0 Å². The summed E-state index contributed by atoms with van der Waals surface area (Å²) in [4.78, 5) is 12.7. The first-order chi connectivity index (χ1) is 14.3. The lowest BCUT2D eigenvalue weighted by molar-refractivity contribution is -0.125. The van der Waals surface area contributed by atoms with Crippen molar-refractivity contribution in [2.45, 2.75) is 35.3 Å². The van der Waals surface area contributed by atoms with Gasteiger partial charge < -0.3 is 10.1 Å². The molecule has 2 aromatic carbocycles.